The van der Waals surface area contributed by atoms with E-state index in [1.165, 1.54) is 11.6 Å². The van der Waals surface area contributed by atoms with Crippen molar-refractivity contribution in [2.24, 2.45) is 5.73 Å². The van der Waals surface area contributed by atoms with Crippen LogP contribution in [0.5, 0.6) is 5.75 Å². The van der Waals surface area contributed by atoms with Crippen LogP contribution in [0.2, 0.25) is 0 Å². The molecule has 0 bridgehead atoms. The lowest BCUT2D eigenvalue weighted by Crippen LogP contribution is -2.27. The molecule has 3 rings (SSSR count). The lowest BCUT2D eigenvalue weighted by atomic mass is 10.0. The number of nitrogens with zero attached hydrogens (tertiary/aromatic N) is 2. The normalized spacial score (nSPS) is 17.0. The Kier molecular flexibility index (Phi) is 4.73. The topological polar surface area (TPSA) is 41.7 Å². The first kappa shape index (κ1) is 16.7. The van der Waals surface area contributed by atoms with Gasteiger partial charge in [0.1, 0.15) is 11.6 Å². The third-order valence-electron chi connectivity index (χ3n) is 4.66. The van der Waals surface area contributed by atoms with Crippen molar-refractivity contribution in [2.45, 2.75) is 19.1 Å². The van der Waals surface area contributed by atoms with Gasteiger partial charge in [0.25, 0.3) is 0 Å². The van der Waals surface area contributed by atoms with Crippen LogP contribution in [0, 0.1) is 5.82 Å². The van der Waals surface area contributed by atoms with E-state index in [0.29, 0.717) is 18.8 Å². The fraction of sp³-hybridized carbons (Fsp3) is 0.368. The molecule has 5 heteroatoms. The molecule has 0 spiro atoms. The number of hydrogen-bond donors (Lipinski definition) is 1. The predicted molar refractivity (Wildman–Crippen MR) is 94.8 cm³/mol. The highest BCUT2D eigenvalue weighted by Gasteiger charge is 2.32. The van der Waals surface area contributed by atoms with Crippen molar-refractivity contribution in [3.63, 3.8) is 0 Å². The summed E-state index contributed by atoms with van der Waals surface area (Å²) in [4.78, 5) is 4.29. The molecule has 128 valence electrons. The van der Waals surface area contributed by atoms with E-state index in [1.807, 2.05) is 20.2 Å². The third kappa shape index (κ3) is 3.09. The fourth-order valence-corrected chi connectivity index (χ4v) is 3.30. The zero-order valence-electron chi connectivity index (χ0n) is 14.4. The molecule has 1 aliphatic rings. The van der Waals surface area contributed by atoms with Crippen LogP contribution in [0.15, 0.2) is 36.4 Å². The summed E-state index contributed by atoms with van der Waals surface area (Å²) < 4.78 is 19.5. The molecule has 2 aromatic carbocycles. The monoisotopic (exact) mass is 329 g/mol. The molecule has 0 aromatic heterocycles. The fourth-order valence-electron chi connectivity index (χ4n) is 3.30. The van der Waals surface area contributed by atoms with E-state index < -0.39 is 0 Å². The van der Waals surface area contributed by atoms with E-state index in [1.54, 1.807) is 7.11 Å². The van der Waals surface area contributed by atoms with E-state index in [0.717, 1.165) is 23.4 Å². The summed E-state index contributed by atoms with van der Waals surface area (Å²) in [7, 11) is 5.59. The number of rotatable bonds is 5. The molecule has 0 aliphatic carbocycles. The van der Waals surface area contributed by atoms with Crippen molar-refractivity contribution in [2.75, 3.05) is 32.6 Å². The third-order valence-corrected chi connectivity index (χ3v) is 4.66. The first-order valence-electron chi connectivity index (χ1n) is 8.10. The number of ether oxygens (including phenoxy) is 1. The first-order valence-corrected chi connectivity index (χ1v) is 8.10. The summed E-state index contributed by atoms with van der Waals surface area (Å²) in [6.07, 6.45) is 0. The number of hydrogen-bond acceptors (Lipinski definition) is 4. The Morgan fingerprint density at radius 3 is 2.54 bits per heavy atom. The minimum Gasteiger partial charge on any atom is -0.497 e. The van der Waals surface area contributed by atoms with Gasteiger partial charge in [0.2, 0.25) is 0 Å². The van der Waals surface area contributed by atoms with Crippen molar-refractivity contribution in [1.82, 2.24) is 4.90 Å². The van der Waals surface area contributed by atoms with Gasteiger partial charge < -0.3 is 15.4 Å². The molecule has 24 heavy (non-hydrogen) atoms. The van der Waals surface area contributed by atoms with Gasteiger partial charge in [-0.1, -0.05) is 12.1 Å². The zero-order valence-corrected chi connectivity index (χ0v) is 14.4. The van der Waals surface area contributed by atoms with Crippen LogP contribution in [-0.4, -0.2) is 32.6 Å². The molecule has 0 fully saturated rings. The van der Waals surface area contributed by atoms with Crippen LogP contribution in [0.1, 0.15) is 22.7 Å². The molecule has 0 amide bonds. The van der Waals surface area contributed by atoms with E-state index in [4.69, 9.17) is 10.5 Å². The highest BCUT2D eigenvalue weighted by molar-refractivity contribution is 5.46. The molecule has 1 aliphatic heterocycles. The van der Waals surface area contributed by atoms with E-state index in [-0.39, 0.29) is 11.9 Å². The quantitative estimate of drug-likeness (QED) is 0.916. The van der Waals surface area contributed by atoms with Gasteiger partial charge in [0, 0.05) is 57.1 Å². The summed E-state index contributed by atoms with van der Waals surface area (Å²) in [6, 6.07) is 11.8. The van der Waals surface area contributed by atoms with Gasteiger partial charge >= 0.3 is 0 Å². The van der Waals surface area contributed by atoms with Gasteiger partial charge in [0.05, 0.1) is 7.11 Å². The van der Waals surface area contributed by atoms with Gasteiger partial charge in [-0.2, -0.15) is 0 Å². The summed E-state index contributed by atoms with van der Waals surface area (Å²) in [5.74, 6) is 0.329. The van der Waals surface area contributed by atoms with Gasteiger partial charge in [-0.15, -0.1) is 0 Å². The zero-order chi connectivity index (χ0) is 17.3. The summed E-state index contributed by atoms with van der Waals surface area (Å²) in [5.41, 5.74) is 10.0. The highest BCUT2D eigenvalue weighted by Crippen LogP contribution is 2.38. The Balaban J connectivity index is 1.83. The maximum Gasteiger partial charge on any atom is 0.131 e. The van der Waals surface area contributed by atoms with E-state index in [2.05, 4.69) is 34.1 Å². The van der Waals surface area contributed by atoms with Crippen LogP contribution in [0.25, 0.3) is 0 Å². The second kappa shape index (κ2) is 6.79. The second-order valence-corrected chi connectivity index (χ2v) is 6.39. The average molecular weight is 329 g/mol. The summed E-state index contributed by atoms with van der Waals surface area (Å²) in [5, 5.41) is 0. The Bertz CT molecular complexity index is 715. The Morgan fingerprint density at radius 2 is 1.96 bits per heavy atom. The smallest absolute Gasteiger partial charge is 0.131 e. The maximum atomic E-state index is 14.3. The summed E-state index contributed by atoms with van der Waals surface area (Å²) in [6.45, 7) is 1.77. The largest absolute Gasteiger partial charge is 0.497 e. The number of anilines is 1. The molecule has 1 atom stereocenters. The van der Waals surface area contributed by atoms with E-state index in [9.17, 15) is 4.39 Å². The molecule has 1 heterocycles. The number of nitrogens with two attached hydrogens (primary N) is 1. The number of halogens is 1. The highest BCUT2D eigenvalue weighted by atomic mass is 19.1. The van der Waals surface area contributed by atoms with Gasteiger partial charge in [-0.3, -0.25) is 4.90 Å². The van der Waals surface area contributed by atoms with Crippen molar-refractivity contribution in [3.05, 3.63) is 58.9 Å². The Labute approximate surface area is 142 Å². The molecule has 1 unspecified atom stereocenters. The SMILES string of the molecule is COc1cc(F)c2c(c1)C(CN)N(Cc1ccc(N(C)C)cc1)C2. The van der Waals surface area contributed by atoms with Crippen LogP contribution >= 0.6 is 0 Å². The van der Waals surface area contributed by atoms with Crippen LogP contribution in [-0.2, 0) is 13.1 Å². The van der Waals surface area contributed by atoms with E-state index >= 15 is 0 Å². The van der Waals surface area contributed by atoms with Crippen LogP contribution < -0.4 is 15.4 Å². The van der Waals surface area contributed by atoms with Gasteiger partial charge in [-0.05, 0) is 29.3 Å². The van der Waals surface area contributed by atoms with Crippen molar-refractivity contribution in [3.8, 4) is 5.75 Å². The lowest BCUT2D eigenvalue weighted by Gasteiger charge is -2.24. The maximum absolute atomic E-state index is 14.3. The Morgan fingerprint density at radius 1 is 1.25 bits per heavy atom. The average Bonchev–Trinajstić information content (AvgIpc) is 2.92. The minimum atomic E-state index is -0.215. The minimum absolute atomic E-state index is 0.0122. The van der Waals surface area contributed by atoms with Crippen molar-refractivity contribution in [1.29, 1.82) is 0 Å². The molecule has 2 aromatic rings. The molecule has 0 radical (unpaired) electrons. The molecule has 4 nitrogen and oxygen atoms in total. The number of fused-ring (bicyclic) bond motifs is 1. The standard InChI is InChI=1S/C19H24FN3O/c1-22(2)14-6-4-13(5-7-14)11-23-12-17-16(19(23)10-21)8-15(24-3)9-18(17)20/h4-9,19H,10-12,21H2,1-3H3. The number of benzene rings is 2. The van der Waals surface area contributed by atoms with Crippen LogP contribution in [0.3, 0.4) is 0 Å². The lowest BCUT2D eigenvalue weighted by molar-refractivity contribution is 0.210. The Hall–Kier alpha value is -2.11. The first-order chi connectivity index (χ1) is 11.5. The van der Waals surface area contributed by atoms with Gasteiger partial charge in [0.15, 0.2) is 0 Å². The van der Waals surface area contributed by atoms with Crippen molar-refractivity contribution < 1.29 is 9.13 Å². The summed E-state index contributed by atoms with van der Waals surface area (Å²) >= 11 is 0. The molecular formula is C19H24FN3O. The molecular weight excluding hydrogens is 305 g/mol. The molecule has 2 N–H and O–H groups in total. The van der Waals surface area contributed by atoms with Crippen molar-refractivity contribution >= 4 is 5.69 Å². The molecule has 0 saturated carbocycles. The second-order valence-electron chi connectivity index (χ2n) is 6.39. The predicted octanol–water partition coefficient (Wildman–Crippen LogP) is 2.92. The molecule has 0 saturated heterocycles. The number of methoxy groups -OCH3 is 1. The van der Waals surface area contributed by atoms with Gasteiger partial charge in [-0.25, -0.2) is 4.39 Å². The van der Waals surface area contributed by atoms with Crippen LogP contribution in [0.4, 0.5) is 10.1 Å².